The zero-order chi connectivity index (χ0) is 12.0. The molecule has 1 aliphatic heterocycles. The normalized spacial score (nSPS) is 38.1. The molecule has 2 nitrogen and oxygen atoms in total. The highest BCUT2D eigenvalue weighted by Crippen LogP contribution is 2.56. The summed E-state index contributed by atoms with van der Waals surface area (Å²) in [5.41, 5.74) is 6.83. The van der Waals surface area contributed by atoms with Crippen LogP contribution in [0, 0.1) is 11.3 Å². The number of piperidine rings is 1. The Hall–Kier alpha value is -0.0800. The third kappa shape index (κ3) is 1.80. The third-order valence-corrected chi connectivity index (χ3v) is 5.47. The van der Waals surface area contributed by atoms with Crippen molar-refractivity contribution in [3.8, 4) is 0 Å². The molecule has 16 heavy (non-hydrogen) atoms. The minimum atomic E-state index is 0.229. The fourth-order valence-electron chi connectivity index (χ4n) is 3.58. The lowest BCUT2D eigenvalue weighted by atomic mass is 9.78. The van der Waals surface area contributed by atoms with Gasteiger partial charge in [0.25, 0.3) is 0 Å². The minimum absolute atomic E-state index is 0.229. The van der Waals surface area contributed by atoms with Gasteiger partial charge in [0.1, 0.15) is 0 Å². The Balaban J connectivity index is 2.15. The molecule has 2 aliphatic rings. The van der Waals surface area contributed by atoms with Crippen molar-refractivity contribution >= 4 is 0 Å². The van der Waals surface area contributed by atoms with Crippen LogP contribution in [-0.2, 0) is 0 Å². The molecule has 2 heteroatoms. The van der Waals surface area contributed by atoms with Gasteiger partial charge in [-0.25, -0.2) is 0 Å². The summed E-state index contributed by atoms with van der Waals surface area (Å²) in [5.74, 6) is 0.889. The molecule has 0 aromatic rings. The standard InChI is InChI=1S/C14H28N2/c1-11-5-8-16(12(2)9-11)14(4,10-15)13(3)6-7-13/h11-12H,5-10,15H2,1-4H3. The highest BCUT2D eigenvalue weighted by molar-refractivity contribution is 5.11. The summed E-state index contributed by atoms with van der Waals surface area (Å²) in [7, 11) is 0. The maximum Gasteiger partial charge on any atom is 0.0359 e. The van der Waals surface area contributed by atoms with Gasteiger partial charge in [-0.15, -0.1) is 0 Å². The van der Waals surface area contributed by atoms with Crippen LogP contribution in [0.2, 0.25) is 0 Å². The summed E-state index contributed by atoms with van der Waals surface area (Å²) >= 11 is 0. The van der Waals surface area contributed by atoms with Crippen LogP contribution in [0.4, 0.5) is 0 Å². The van der Waals surface area contributed by atoms with Crippen molar-refractivity contribution in [1.82, 2.24) is 4.90 Å². The minimum Gasteiger partial charge on any atom is -0.329 e. The van der Waals surface area contributed by atoms with E-state index in [0.717, 1.165) is 12.5 Å². The highest BCUT2D eigenvalue weighted by atomic mass is 15.3. The third-order valence-electron chi connectivity index (χ3n) is 5.47. The Morgan fingerprint density at radius 2 is 2.00 bits per heavy atom. The van der Waals surface area contributed by atoms with E-state index < -0.39 is 0 Å². The molecule has 1 saturated carbocycles. The first-order chi connectivity index (χ1) is 7.43. The first-order valence-corrected chi connectivity index (χ1v) is 6.90. The lowest BCUT2D eigenvalue weighted by molar-refractivity contribution is -0.0159. The zero-order valence-electron chi connectivity index (χ0n) is 11.4. The maximum absolute atomic E-state index is 6.12. The SMILES string of the molecule is CC1CCN(C(C)(CN)C2(C)CC2)C(C)C1. The van der Waals surface area contributed by atoms with Crippen molar-refractivity contribution in [1.29, 1.82) is 0 Å². The summed E-state index contributed by atoms with van der Waals surface area (Å²) < 4.78 is 0. The first-order valence-electron chi connectivity index (χ1n) is 6.90. The summed E-state index contributed by atoms with van der Waals surface area (Å²) in [6.45, 7) is 11.6. The lowest BCUT2D eigenvalue weighted by Crippen LogP contribution is -2.61. The molecule has 1 aliphatic carbocycles. The molecule has 3 atom stereocenters. The molecular weight excluding hydrogens is 196 g/mol. The van der Waals surface area contributed by atoms with Gasteiger partial charge in [0.15, 0.2) is 0 Å². The molecule has 1 saturated heterocycles. The van der Waals surface area contributed by atoms with Crippen LogP contribution in [0.3, 0.4) is 0 Å². The molecule has 0 amide bonds. The number of likely N-dealkylation sites (tertiary alicyclic amines) is 1. The zero-order valence-corrected chi connectivity index (χ0v) is 11.4. The van der Waals surface area contributed by atoms with Crippen LogP contribution >= 0.6 is 0 Å². The molecule has 3 unspecified atom stereocenters. The van der Waals surface area contributed by atoms with Gasteiger partial charge < -0.3 is 5.73 Å². The molecule has 0 spiro atoms. The molecule has 94 valence electrons. The molecule has 2 N–H and O–H groups in total. The van der Waals surface area contributed by atoms with Crippen LogP contribution in [0.15, 0.2) is 0 Å². The quantitative estimate of drug-likeness (QED) is 0.798. The average Bonchev–Trinajstić information content (AvgIpc) is 2.97. The monoisotopic (exact) mass is 224 g/mol. The van der Waals surface area contributed by atoms with Gasteiger partial charge in [0.2, 0.25) is 0 Å². The molecule has 0 aromatic heterocycles. The molecule has 0 aromatic carbocycles. The van der Waals surface area contributed by atoms with Gasteiger partial charge >= 0.3 is 0 Å². The summed E-state index contributed by atoms with van der Waals surface area (Å²) in [6, 6.07) is 0.703. The Morgan fingerprint density at radius 1 is 1.38 bits per heavy atom. The van der Waals surface area contributed by atoms with Crippen LogP contribution in [0.25, 0.3) is 0 Å². The summed E-state index contributed by atoms with van der Waals surface area (Å²) in [6.07, 6.45) is 5.40. The fourth-order valence-corrected chi connectivity index (χ4v) is 3.58. The van der Waals surface area contributed by atoms with Gasteiger partial charge in [-0.2, -0.15) is 0 Å². The van der Waals surface area contributed by atoms with E-state index in [1.165, 1.54) is 32.2 Å². The Kier molecular flexibility index (Phi) is 3.09. The predicted molar refractivity (Wildman–Crippen MR) is 69.4 cm³/mol. The number of nitrogens with two attached hydrogens (primary N) is 1. The van der Waals surface area contributed by atoms with Crippen LogP contribution in [0.1, 0.15) is 53.4 Å². The van der Waals surface area contributed by atoms with E-state index in [-0.39, 0.29) is 5.54 Å². The van der Waals surface area contributed by atoms with Crippen molar-refractivity contribution in [2.45, 2.75) is 65.0 Å². The highest BCUT2D eigenvalue weighted by Gasteiger charge is 2.56. The van der Waals surface area contributed by atoms with Crippen LogP contribution in [0.5, 0.6) is 0 Å². The van der Waals surface area contributed by atoms with Gasteiger partial charge in [0.05, 0.1) is 0 Å². The van der Waals surface area contributed by atoms with Crippen molar-refractivity contribution in [2.24, 2.45) is 17.1 Å². The van der Waals surface area contributed by atoms with E-state index >= 15 is 0 Å². The second-order valence-corrected chi connectivity index (χ2v) is 6.71. The molecule has 0 bridgehead atoms. The molecule has 0 radical (unpaired) electrons. The van der Waals surface area contributed by atoms with E-state index in [2.05, 4.69) is 32.6 Å². The van der Waals surface area contributed by atoms with Gasteiger partial charge in [-0.1, -0.05) is 13.8 Å². The number of nitrogens with zero attached hydrogens (tertiary/aromatic N) is 1. The number of hydrogen-bond donors (Lipinski definition) is 1. The smallest absolute Gasteiger partial charge is 0.0359 e. The maximum atomic E-state index is 6.12. The number of rotatable bonds is 3. The number of hydrogen-bond acceptors (Lipinski definition) is 2. The average molecular weight is 224 g/mol. The lowest BCUT2D eigenvalue weighted by Gasteiger charge is -2.51. The Bertz CT molecular complexity index is 259. The van der Waals surface area contributed by atoms with Crippen molar-refractivity contribution in [2.75, 3.05) is 13.1 Å². The Morgan fingerprint density at radius 3 is 2.44 bits per heavy atom. The van der Waals surface area contributed by atoms with E-state index in [9.17, 15) is 0 Å². The molecule has 2 fully saturated rings. The van der Waals surface area contributed by atoms with Gasteiger partial charge in [0, 0.05) is 18.1 Å². The molecular formula is C14H28N2. The van der Waals surface area contributed by atoms with Gasteiger partial charge in [-0.05, 0) is 57.4 Å². The first kappa shape index (κ1) is 12.4. The van der Waals surface area contributed by atoms with Crippen LogP contribution in [-0.4, -0.2) is 29.6 Å². The van der Waals surface area contributed by atoms with Crippen molar-refractivity contribution in [3.63, 3.8) is 0 Å². The van der Waals surface area contributed by atoms with E-state index in [1.54, 1.807) is 0 Å². The second-order valence-electron chi connectivity index (χ2n) is 6.71. The van der Waals surface area contributed by atoms with Crippen molar-refractivity contribution in [3.05, 3.63) is 0 Å². The summed E-state index contributed by atoms with van der Waals surface area (Å²) in [5, 5.41) is 0. The predicted octanol–water partition coefficient (Wildman–Crippen LogP) is 2.62. The second kappa shape index (κ2) is 3.99. The molecule has 1 heterocycles. The molecule has 2 rings (SSSR count). The summed E-state index contributed by atoms with van der Waals surface area (Å²) in [4.78, 5) is 2.71. The Labute approximate surface area is 101 Å². The van der Waals surface area contributed by atoms with E-state index in [0.29, 0.717) is 11.5 Å². The van der Waals surface area contributed by atoms with Crippen molar-refractivity contribution < 1.29 is 0 Å². The van der Waals surface area contributed by atoms with Gasteiger partial charge in [-0.3, -0.25) is 4.90 Å². The van der Waals surface area contributed by atoms with E-state index in [1.807, 2.05) is 0 Å². The van der Waals surface area contributed by atoms with E-state index in [4.69, 9.17) is 5.73 Å². The van der Waals surface area contributed by atoms with Crippen LogP contribution < -0.4 is 5.73 Å². The largest absolute Gasteiger partial charge is 0.329 e. The topological polar surface area (TPSA) is 29.3 Å². The fraction of sp³-hybridized carbons (Fsp3) is 1.00.